The first-order valence-corrected chi connectivity index (χ1v) is 14.6. The maximum absolute atomic E-state index is 13.4. The van der Waals surface area contributed by atoms with Crippen molar-refractivity contribution < 1.29 is 9.84 Å². The van der Waals surface area contributed by atoms with Crippen LogP contribution in [0.25, 0.3) is 17.1 Å². The molecule has 39 heavy (non-hydrogen) atoms. The third kappa shape index (κ3) is 3.41. The predicted molar refractivity (Wildman–Crippen MR) is 150 cm³/mol. The van der Waals surface area contributed by atoms with Crippen molar-refractivity contribution in [3.8, 4) is 22.8 Å². The molecule has 4 aliphatic carbocycles. The van der Waals surface area contributed by atoms with Crippen molar-refractivity contribution >= 4 is 0 Å². The van der Waals surface area contributed by atoms with E-state index < -0.39 is 5.69 Å². The van der Waals surface area contributed by atoms with Crippen molar-refractivity contribution in [3.05, 3.63) is 62.4 Å². The molecule has 7 nitrogen and oxygen atoms in total. The molecule has 0 amide bonds. The van der Waals surface area contributed by atoms with E-state index in [-0.39, 0.29) is 22.5 Å². The second kappa shape index (κ2) is 8.53. The van der Waals surface area contributed by atoms with Gasteiger partial charge in [-0.2, -0.15) is 4.98 Å². The van der Waals surface area contributed by atoms with Crippen molar-refractivity contribution in [2.24, 2.45) is 41.5 Å². The number of aliphatic hydroxyl groups is 1. The van der Waals surface area contributed by atoms with Crippen molar-refractivity contribution in [1.29, 1.82) is 0 Å². The van der Waals surface area contributed by atoms with Crippen molar-refractivity contribution in [3.63, 3.8) is 0 Å². The standard InChI is InChI=1S/C32H39N3O4/c1-31-14-13-25-22(24(31)11-12-27(31)36)10-5-19-16-26-18(17-32(19,25)2)15-23-28(33-30(38)34(3)29(23)37)35(26)20-6-8-21(39-4)9-7-20/h6-9,15,19,22,24-25,27,36H,5,10-14,16-17H2,1-4H3/t19-,22-,24-,25-,27-,31-,32-/m0/s1. The van der Waals surface area contributed by atoms with Gasteiger partial charge in [0.15, 0.2) is 5.82 Å². The molecular formula is C32H39N3O4. The molecule has 2 aliphatic heterocycles. The van der Waals surface area contributed by atoms with Crippen LogP contribution in [0.1, 0.15) is 63.6 Å². The number of methoxy groups -OCH3 is 1. The lowest BCUT2D eigenvalue weighted by molar-refractivity contribution is -0.111. The smallest absolute Gasteiger partial charge is 0.352 e. The molecule has 6 aliphatic rings. The normalized spacial score (nSPS) is 35.2. The Morgan fingerprint density at radius 3 is 2.49 bits per heavy atom. The minimum absolute atomic E-state index is 0.0679. The van der Waals surface area contributed by atoms with Gasteiger partial charge < -0.3 is 9.84 Å². The average Bonchev–Trinajstić information content (AvgIpc) is 3.24. The summed E-state index contributed by atoms with van der Waals surface area (Å²) in [5, 5.41) is 10.9. The number of pyridine rings is 1. The molecule has 0 saturated heterocycles. The maximum Gasteiger partial charge on any atom is 0.352 e. The fraction of sp³-hybridized carbons (Fsp3) is 0.594. The minimum atomic E-state index is -0.528. The van der Waals surface area contributed by atoms with Gasteiger partial charge in [0, 0.05) is 18.4 Å². The molecule has 3 fully saturated rings. The van der Waals surface area contributed by atoms with Gasteiger partial charge in [-0.3, -0.25) is 13.9 Å². The first-order chi connectivity index (χ1) is 18.7. The molecule has 1 aromatic carbocycles. The van der Waals surface area contributed by atoms with Crippen LogP contribution in [0.4, 0.5) is 0 Å². The Balaban J connectivity index is 1.38. The molecule has 7 atom stereocenters. The first-order valence-electron chi connectivity index (χ1n) is 14.6. The summed E-state index contributed by atoms with van der Waals surface area (Å²) in [6, 6.07) is 9.84. The number of aromatic nitrogens is 3. The average molecular weight is 530 g/mol. The summed E-state index contributed by atoms with van der Waals surface area (Å²) in [7, 11) is 3.15. The Hall–Kier alpha value is -2.93. The number of hydrogen-bond donors (Lipinski definition) is 1. The van der Waals surface area contributed by atoms with E-state index in [4.69, 9.17) is 4.74 Å². The van der Waals surface area contributed by atoms with Gasteiger partial charge in [-0.25, -0.2) is 4.79 Å². The summed E-state index contributed by atoms with van der Waals surface area (Å²) in [6.45, 7) is 4.84. The molecule has 0 unspecified atom stereocenters. The third-order valence-corrected chi connectivity index (χ3v) is 11.8. The quantitative estimate of drug-likeness (QED) is 0.533. The van der Waals surface area contributed by atoms with Crippen molar-refractivity contribution in [1.82, 2.24) is 14.1 Å². The summed E-state index contributed by atoms with van der Waals surface area (Å²) >= 11 is 0. The predicted octanol–water partition coefficient (Wildman–Crippen LogP) is 4.36. The zero-order chi connectivity index (χ0) is 27.3. The van der Waals surface area contributed by atoms with Gasteiger partial charge in [0.25, 0.3) is 5.56 Å². The number of rotatable bonds is 2. The van der Waals surface area contributed by atoms with Gasteiger partial charge in [-0.15, -0.1) is 0 Å². The highest BCUT2D eigenvalue weighted by Gasteiger charge is 2.60. The molecule has 0 radical (unpaired) electrons. The van der Waals surface area contributed by atoms with Crippen molar-refractivity contribution in [2.45, 2.75) is 71.3 Å². The van der Waals surface area contributed by atoms with E-state index in [9.17, 15) is 14.7 Å². The molecule has 0 spiro atoms. The topological polar surface area (TPSA) is 86.4 Å². The van der Waals surface area contributed by atoms with Crippen LogP contribution in [0.15, 0.2) is 39.9 Å². The van der Waals surface area contributed by atoms with Crippen LogP contribution < -0.4 is 16.0 Å². The number of nitrogens with zero attached hydrogens (tertiary/aromatic N) is 3. The number of ether oxygens (including phenoxy) is 1. The second-order valence-electron chi connectivity index (χ2n) is 13.3. The van der Waals surface area contributed by atoms with E-state index >= 15 is 0 Å². The Bertz CT molecular complexity index is 1540. The van der Waals surface area contributed by atoms with E-state index in [1.165, 1.54) is 37.6 Å². The molecule has 0 aromatic heterocycles. The Morgan fingerprint density at radius 2 is 1.74 bits per heavy atom. The van der Waals surface area contributed by atoms with Gasteiger partial charge >= 0.3 is 5.69 Å². The third-order valence-electron chi connectivity index (χ3n) is 11.8. The van der Waals surface area contributed by atoms with E-state index in [1.54, 1.807) is 7.11 Å². The van der Waals surface area contributed by atoms with E-state index in [0.717, 1.165) is 48.1 Å². The monoisotopic (exact) mass is 529 g/mol. The largest absolute Gasteiger partial charge is 0.497 e. The molecule has 7 heteroatoms. The number of hydrogen-bond acceptors (Lipinski definition) is 5. The molecule has 206 valence electrons. The Labute approximate surface area is 229 Å². The first kappa shape index (κ1) is 25.1. The van der Waals surface area contributed by atoms with Gasteiger partial charge in [0.05, 0.1) is 18.8 Å². The molecular weight excluding hydrogens is 490 g/mol. The van der Waals surface area contributed by atoms with Crippen LogP contribution in [-0.4, -0.2) is 32.4 Å². The zero-order valence-electron chi connectivity index (χ0n) is 23.4. The van der Waals surface area contributed by atoms with Crippen LogP contribution in [0.3, 0.4) is 0 Å². The maximum atomic E-state index is 13.4. The Kier molecular flexibility index (Phi) is 5.48. The minimum Gasteiger partial charge on any atom is -0.497 e. The van der Waals surface area contributed by atoms with Crippen molar-refractivity contribution in [2.75, 3.05) is 7.11 Å². The zero-order valence-corrected chi connectivity index (χ0v) is 23.4. The molecule has 1 N–H and O–H groups in total. The number of aliphatic hydroxyl groups excluding tert-OH is 1. The molecule has 2 heterocycles. The summed E-state index contributed by atoms with van der Waals surface area (Å²) in [6.07, 6.45) is 8.45. The van der Waals surface area contributed by atoms with Crippen LogP contribution in [0, 0.1) is 34.5 Å². The van der Waals surface area contributed by atoms with Gasteiger partial charge in [0.2, 0.25) is 0 Å². The summed E-state index contributed by atoms with van der Waals surface area (Å²) in [5.41, 5.74) is 3.16. The number of benzene rings is 1. The molecule has 3 saturated carbocycles. The van der Waals surface area contributed by atoms with E-state index in [1.807, 2.05) is 30.3 Å². The van der Waals surface area contributed by atoms with Crippen LogP contribution in [0.2, 0.25) is 0 Å². The molecule has 0 bridgehead atoms. The fourth-order valence-corrected chi connectivity index (χ4v) is 9.56. The fourth-order valence-electron chi connectivity index (χ4n) is 9.56. The lowest BCUT2D eigenvalue weighted by atomic mass is 9.45. The van der Waals surface area contributed by atoms with Gasteiger partial charge in [-0.05, 0) is 122 Å². The lowest BCUT2D eigenvalue weighted by Gasteiger charge is -2.60. The van der Waals surface area contributed by atoms with Gasteiger partial charge in [0.1, 0.15) is 5.75 Å². The number of fused-ring (bicyclic) bond motifs is 7. The molecule has 1 aromatic rings. The van der Waals surface area contributed by atoms with Crippen LogP contribution in [0.5, 0.6) is 5.75 Å². The summed E-state index contributed by atoms with van der Waals surface area (Å²) in [5.74, 6) is 3.63. The van der Waals surface area contributed by atoms with Crippen LogP contribution in [-0.2, 0) is 19.9 Å². The summed E-state index contributed by atoms with van der Waals surface area (Å²) < 4.78 is 8.58. The van der Waals surface area contributed by atoms with E-state index in [0.29, 0.717) is 35.1 Å². The SMILES string of the molecule is COc1ccc(-n2c3nc(=O)n(C)c(=O)c-3cc3c2C[C@@H]2CC[C@@H]4[C@H](CC[C@]5(C)[C@@H](O)CC[C@@H]45)[C@@]2(C)C3)cc1. The van der Waals surface area contributed by atoms with Gasteiger partial charge in [-0.1, -0.05) is 13.8 Å². The summed E-state index contributed by atoms with van der Waals surface area (Å²) in [4.78, 5) is 30.5. The van der Waals surface area contributed by atoms with Crippen LogP contribution >= 0.6 is 0 Å². The molecule has 7 rings (SSSR count). The lowest BCUT2D eigenvalue weighted by Crippen LogP contribution is -2.55. The second-order valence-corrected chi connectivity index (χ2v) is 13.3. The highest BCUT2D eigenvalue weighted by molar-refractivity contribution is 5.63. The van der Waals surface area contributed by atoms with E-state index in [2.05, 4.69) is 23.4 Å². The Morgan fingerprint density at radius 1 is 1.00 bits per heavy atom. The highest BCUT2D eigenvalue weighted by atomic mass is 16.5. The highest BCUT2D eigenvalue weighted by Crippen LogP contribution is 2.65.